The molecule has 0 saturated carbocycles. The maximum Gasteiger partial charge on any atom is 1.00 e. The second-order valence-electron chi connectivity index (χ2n) is 2.64. The smallest absolute Gasteiger partial charge is 0.767 e. The Balaban J connectivity index is 0.000000980. The molecule has 0 N–H and O–H groups in total. The summed E-state index contributed by atoms with van der Waals surface area (Å²) in [5.41, 5.74) is 1.82. The van der Waals surface area contributed by atoms with Crippen LogP contribution in [0.25, 0.3) is 10.2 Å². The molecule has 0 aliphatic heterocycles. The van der Waals surface area contributed by atoms with E-state index < -0.39 is 11.1 Å². The predicted octanol–water partition coefficient (Wildman–Crippen LogP) is -1.15. The molecule has 0 aliphatic carbocycles. The van der Waals surface area contributed by atoms with E-state index in [0.29, 0.717) is 0 Å². The number of hydrogen-bond donors (Lipinski definition) is 0. The minimum absolute atomic E-state index is 0. The topological polar surface area (TPSA) is 53.0 Å². The first-order valence-corrected chi connectivity index (χ1v) is 5.53. The molecule has 0 fully saturated rings. The molecule has 0 spiro atoms. The van der Waals surface area contributed by atoms with Crippen LogP contribution in [0.1, 0.15) is 5.56 Å². The molecule has 6 heteroatoms. The van der Waals surface area contributed by atoms with Crippen molar-refractivity contribution in [3.05, 3.63) is 23.8 Å². The second-order valence-corrected chi connectivity index (χ2v) is 4.75. The summed E-state index contributed by atoms with van der Waals surface area (Å²) in [6.45, 7) is 1.94. The molecule has 1 atom stereocenters. The Morgan fingerprint density at radius 2 is 2.21 bits per heavy atom. The molecule has 0 aliphatic rings. The molecular weight excluding hydrogens is 213 g/mol. The van der Waals surface area contributed by atoms with E-state index in [9.17, 15) is 8.76 Å². The fourth-order valence-electron chi connectivity index (χ4n) is 1.14. The molecule has 68 valence electrons. The zero-order valence-electron chi connectivity index (χ0n) is 7.81. The van der Waals surface area contributed by atoms with E-state index in [2.05, 4.69) is 4.98 Å². The molecule has 1 aromatic heterocycles. The van der Waals surface area contributed by atoms with Crippen LogP contribution in [0.5, 0.6) is 0 Å². The van der Waals surface area contributed by atoms with Crippen molar-refractivity contribution in [2.45, 2.75) is 11.3 Å². The molecule has 3 nitrogen and oxygen atoms in total. The number of benzene rings is 1. The van der Waals surface area contributed by atoms with Gasteiger partial charge in [-0.1, -0.05) is 12.1 Å². The predicted molar refractivity (Wildman–Crippen MR) is 51.5 cm³/mol. The van der Waals surface area contributed by atoms with Gasteiger partial charge in [-0.15, -0.1) is 11.3 Å². The van der Waals surface area contributed by atoms with Crippen LogP contribution in [0.4, 0.5) is 0 Å². The third-order valence-electron chi connectivity index (χ3n) is 1.73. The fourth-order valence-corrected chi connectivity index (χ4v) is 2.60. The molecule has 0 bridgehead atoms. The Hall–Kier alpha value is -0.183. The van der Waals surface area contributed by atoms with E-state index in [-0.39, 0.29) is 23.2 Å². The summed E-state index contributed by atoms with van der Waals surface area (Å²) in [6, 6.07) is 5.63. The number of hydrogen-bond acceptors (Lipinski definition) is 4. The van der Waals surface area contributed by atoms with Gasteiger partial charge in [-0.25, -0.2) is 4.98 Å². The number of nitrogens with zero attached hydrogens (tertiary/aromatic N) is 1. The minimum Gasteiger partial charge on any atom is -0.767 e. The monoisotopic (exact) mass is 219 g/mol. The molecule has 2 rings (SSSR count). The van der Waals surface area contributed by atoms with Crippen molar-refractivity contribution in [3.8, 4) is 0 Å². The summed E-state index contributed by atoms with van der Waals surface area (Å²) >= 11 is -1.00. The van der Waals surface area contributed by atoms with E-state index in [1.165, 1.54) is 11.3 Å². The minimum atomic E-state index is -2.21. The maximum absolute atomic E-state index is 10.6. The SMILES string of the molecule is Cc1cccc2nc(S(=O)[O-])sc12.[Li+]. The van der Waals surface area contributed by atoms with E-state index in [1.54, 1.807) is 0 Å². The first kappa shape index (κ1) is 11.9. The van der Waals surface area contributed by atoms with Gasteiger partial charge in [0, 0.05) is 11.1 Å². The van der Waals surface area contributed by atoms with Crippen LogP contribution >= 0.6 is 11.3 Å². The van der Waals surface area contributed by atoms with Crippen LogP contribution in [0.15, 0.2) is 22.5 Å². The average Bonchev–Trinajstić information content (AvgIpc) is 2.49. The van der Waals surface area contributed by atoms with Gasteiger partial charge in [-0.05, 0) is 18.6 Å². The molecule has 1 heterocycles. The number of thiazole rings is 1. The Morgan fingerprint density at radius 3 is 2.79 bits per heavy atom. The number of fused-ring (bicyclic) bond motifs is 1. The van der Waals surface area contributed by atoms with Crippen molar-refractivity contribution in [2.24, 2.45) is 0 Å². The normalized spacial score (nSPS) is 12.4. The Labute approximate surface area is 100 Å². The third-order valence-corrected chi connectivity index (χ3v) is 3.77. The molecule has 1 unspecified atom stereocenters. The van der Waals surface area contributed by atoms with Crippen molar-refractivity contribution in [3.63, 3.8) is 0 Å². The Kier molecular flexibility index (Phi) is 3.87. The molecular formula is C8H6LiNO2S2. The van der Waals surface area contributed by atoms with Gasteiger partial charge in [0.15, 0.2) is 4.34 Å². The van der Waals surface area contributed by atoms with Gasteiger partial charge in [-0.3, -0.25) is 4.21 Å². The summed E-state index contributed by atoms with van der Waals surface area (Å²) in [4.78, 5) is 3.98. The van der Waals surface area contributed by atoms with Crippen LogP contribution in [0.3, 0.4) is 0 Å². The zero-order chi connectivity index (χ0) is 9.42. The van der Waals surface area contributed by atoms with E-state index in [1.807, 2.05) is 25.1 Å². The van der Waals surface area contributed by atoms with E-state index >= 15 is 0 Å². The van der Waals surface area contributed by atoms with Gasteiger partial charge in [-0.2, -0.15) is 0 Å². The number of aromatic nitrogens is 1. The molecule has 0 radical (unpaired) electrons. The number of aryl methyl sites for hydroxylation is 1. The first-order valence-electron chi connectivity index (χ1n) is 3.64. The van der Waals surface area contributed by atoms with E-state index in [0.717, 1.165) is 15.8 Å². The summed E-state index contributed by atoms with van der Waals surface area (Å²) < 4.78 is 22.4. The third kappa shape index (κ3) is 2.07. The Bertz CT molecular complexity index is 483. The van der Waals surface area contributed by atoms with Crippen molar-refractivity contribution < 1.29 is 27.6 Å². The standard InChI is InChI=1S/C8H7NO2S2.Li/c1-5-3-2-4-6-7(5)12-8(9-6)13(10)11;/h2-4H,1H3,(H,10,11);/q;+1/p-1. The molecule has 1 aromatic carbocycles. The maximum atomic E-state index is 10.6. The van der Waals surface area contributed by atoms with Crippen LogP contribution in [0, 0.1) is 6.92 Å². The van der Waals surface area contributed by atoms with Gasteiger partial charge in [0.1, 0.15) is 0 Å². The fraction of sp³-hybridized carbons (Fsp3) is 0.125. The van der Waals surface area contributed by atoms with Crippen molar-refractivity contribution in [1.82, 2.24) is 4.98 Å². The van der Waals surface area contributed by atoms with Crippen molar-refractivity contribution in [1.29, 1.82) is 0 Å². The molecule has 2 aromatic rings. The van der Waals surface area contributed by atoms with Crippen LogP contribution in [-0.2, 0) is 11.1 Å². The summed E-state index contributed by atoms with van der Waals surface area (Å²) in [7, 11) is 0. The van der Waals surface area contributed by atoms with E-state index in [4.69, 9.17) is 0 Å². The van der Waals surface area contributed by atoms with Crippen LogP contribution < -0.4 is 18.9 Å². The quantitative estimate of drug-likeness (QED) is 0.449. The summed E-state index contributed by atoms with van der Waals surface area (Å²) in [6.07, 6.45) is 0. The molecule has 0 saturated heterocycles. The van der Waals surface area contributed by atoms with Gasteiger partial charge in [0.2, 0.25) is 0 Å². The zero-order valence-corrected chi connectivity index (χ0v) is 9.45. The van der Waals surface area contributed by atoms with Gasteiger partial charge in [0.25, 0.3) is 0 Å². The number of rotatable bonds is 1. The van der Waals surface area contributed by atoms with Gasteiger partial charge >= 0.3 is 18.9 Å². The Morgan fingerprint density at radius 1 is 1.50 bits per heavy atom. The van der Waals surface area contributed by atoms with Crippen molar-refractivity contribution >= 4 is 32.6 Å². The molecule has 14 heavy (non-hydrogen) atoms. The van der Waals surface area contributed by atoms with Crippen LogP contribution in [0.2, 0.25) is 0 Å². The summed E-state index contributed by atoms with van der Waals surface area (Å²) in [5, 5.41) is 0. The first-order chi connectivity index (χ1) is 6.18. The summed E-state index contributed by atoms with van der Waals surface area (Å²) in [5.74, 6) is 0. The van der Waals surface area contributed by atoms with Gasteiger partial charge < -0.3 is 4.55 Å². The molecule has 0 amide bonds. The second kappa shape index (κ2) is 4.56. The van der Waals surface area contributed by atoms with Gasteiger partial charge in [0.05, 0.1) is 10.2 Å². The largest absolute Gasteiger partial charge is 1.00 e. The van der Waals surface area contributed by atoms with Crippen molar-refractivity contribution in [2.75, 3.05) is 0 Å². The average molecular weight is 219 g/mol. The van der Waals surface area contributed by atoms with Crippen LogP contribution in [-0.4, -0.2) is 13.7 Å².